The van der Waals surface area contributed by atoms with E-state index in [9.17, 15) is 19.3 Å². The van der Waals surface area contributed by atoms with Crippen molar-refractivity contribution >= 4 is 74.2 Å². The smallest absolute Gasteiger partial charge is 0.270 e. The third-order valence-electron chi connectivity index (χ3n) is 5.61. The highest BCUT2D eigenvalue weighted by Gasteiger charge is 2.33. The van der Waals surface area contributed by atoms with Crippen LogP contribution in [0.25, 0.3) is 17.0 Å². The van der Waals surface area contributed by atoms with Crippen LogP contribution in [0.3, 0.4) is 0 Å². The third kappa shape index (κ3) is 4.34. The van der Waals surface area contributed by atoms with Crippen LogP contribution in [0.15, 0.2) is 77.8 Å². The van der Waals surface area contributed by atoms with Gasteiger partial charge in [0.2, 0.25) is 0 Å². The van der Waals surface area contributed by atoms with E-state index in [1.165, 1.54) is 35.2 Å². The van der Waals surface area contributed by atoms with Crippen molar-refractivity contribution in [2.24, 2.45) is 0 Å². The fraction of sp³-hybridized carbons (Fsp3) is 0.0400. The molecule has 0 radical (unpaired) electrons. The van der Waals surface area contributed by atoms with Crippen LogP contribution in [0.5, 0.6) is 0 Å². The van der Waals surface area contributed by atoms with Crippen LogP contribution in [-0.2, 0) is 11.3 Å². The van der Waals surface area contributed by atoms with Crippen molar-refractivity contribution in [1.29, 1.82) is 0 Å². The van der Waals surface area contributed by atoms with Crippen LogP contribution in [-0.4, -0.2) is 19.7 Å². The number of thioether (sulfide) groups is 1. The number of hydrogen-bond donors (Lipinski definition) is 0. The number of amides is 1. The van der Waals surface area contributed by atoms with Gasteiger partial charge in [0.25, 0.3) is 11.6 Å². The first-order valence-corrected chi connectivity index (χ1v) is 12.0. The second-order valence-corrected chi connectivity index (χ2v) is 9.80. The molecule has 1 aliphatic heterocycles. The molecule has 1 aromatic heterocycles. The van der Waals surface area contributed by atoms with E-state index in [-0.39, 0.29) is 24.0 Å². The van der Waals surface area contributed by atoms with Gasteiger partial charge in [-0.25, -0.2) is 4.39 Å². The van der Waals surface area contributed by atoms with Crippen LogP contribution in [0.1, 0.15) is 11.1 Å². The maximum Gasteiger partial charge on any atom is 0.270 e. The molecule has 174 valence electrons. The van der Waals surface area contributed by atoms with Gasteiger partial charge in [0, 0.05) is 45.4 Å². The summed E-state index contributed by atoms with van der Waals surface area (Å²) in [6, 6.07) is 17.9. The number of nitro groups is 1. The van der Waals surface area contributed by atoms with Crippen LogP contribution in [0, 0.1) is 15.9 Å². The highest BCUT2D eigenvalue weighted by molar-refractivity contribution is 8.27. The summed E-state index contributed by atoms with van der Waals surface area (Å²) in [6.45, 7) is 0.226. The number of benzene rings is 3. The lowest BCUT2D eigenvalue weighted by molar-refractivity contribution is -0.384. The number of thiocarbonyl (C=S) groups is 1. The predicted octanol–water partition coefficient (Wildman–Crippen LogP) is 6.80. The van der Waals surface area contributed by atoms with Gasteiger partial charge in [-0.05, 0) is 36.4 Å². The Kier molecular flexibility index (Phi) is 6.14. The number of fused-ring (bicyclic) bond motifs is 1. The van der Waals surface area contributed by atoms with E-state index in [1.54, 1.807) is 18.2 Å². The number of hydrogen-bond acceptors (Lipinski definition) is 5. The fourth-order valence-corrected chi connectivity index (χ4v) is 5.44. The molecule has 2 heterocycles. The van der Waals surface area contributed by atoms with Crippen molar-refractivity contribution in [1.82, 2.24) is 4.57 Å². The number of aromatic nitrogens is 1. The van der Waals surface area contributed by atoms with Crippen LogP contribution < -0.4 is 4.90 Å². The Morgan fingerprint density at radius 3 is 2.54 bits per heavy atom. The Bertz CT molecular complexity index is 1530. The largest absolute Gasteiger partial charge is 0.342 e. The lowest BCUT2D eigenvalue weighted by Gasteiger charge is -2.13. The first kappa shape index (κ1) is 23.2. The van der Waals surface area contributed by atoms with Crippen LogP contribution >= 0.6 is 35.6 Å². The summed E-state index contributed by atoms with van der Waals surface area (Å²) in [5.74, 6) is -0.705. The van der Waals surface area contributed by atoms with E-state index in [2.05, 4.69) is 0 Å². The summed E-state index contributed by atoms with van der Waals surface area (Å²) >= 11 is 12.8. The van der Waals surface area contributed by atoms with Gasteiger partial charge >= 0.3 is 0 Å². The minimum absolute atomic E-state index is 0.0718. The molecule has 5 rings (SSSR count). The Morgan fingerprint density at radius 2 is 1.83 bits per heavy atom. The number of para-hydroxylation sites is 1. The Balaban J connectivity index is 1.51. The molecule has 0 bridgehead atoms. The van der Waals surface area contributed by atoms with Crippen molar-refractivity contribution < 1.29 is 14.1 Å². The summed E-state index contributed by atoms with van der Waals surface area (Å²) in [6.07, 6.45) is 3.61. The summed E-state index contributed by atoms with van der Waals surface area (Å²) in [7, 11) is 0. The highest BCUT2D eigenvalue weighted by atomic mass is 35.5. The van der Waals surface area contributed by atoms with Gasteiger partial charge in [0.1, 0.15) is 5.82 Å². The van der Waals surface area contributed by atoms with E-state index < -0.39 is 4.92 Å². The first-order valence-electron chi connectivity index (χ1n) is 10.4. The number of non-ortho nitro benzene ring substituents is 1. The Morgan fingerprint density at radius 1 is 1.09 bits per heavy atom. The first-order chi connectivity index (χ1) is 16.8. The molecule has 35 heavy (non-hydrogen) atoms. The molecule has 1 saturated heterocycles. The monoisotopic (exact) mass is 523 g/mol. The maximum atomic E-state index is 14.4. The molecular formula is C25H15ClFN3O3S2. The zero-order valence-electron chi connectivity index (χ0n) is 17.9. The Labute approximate surface area is 213 Å². The fourth-order valence-electron chi connectivity index (χ4n) is 3.93. The molecule has 0 atom stereocenters. The van der Waals surface area contributed by atoms with Crippen molar-refractivity contribution in [3.8, 4) is 0 Å². The molecular weight excluding hydrogens is 509 g/mol. The molecule has 4 aromatic rings. The second-order valence-electron chi connectivity index (χ2n) is 7.72. The van der Waals surface area contributed by atoms with E-state index in [0.29, 0.717) is 25.5 Å². The molecule has 0 aliphatic carbocycles. The number of rotatable bonds is 5. The van der Waals surface area contributed by atoms with Crippen molar-refractivity contribution in [2.75, 3.05) is 4.90 Å². The summed E-state index contributed by atoms with van der Waals surface area (Å²) in [4.78, 5) is 25.4. The molecule has 0 saturated carbocycles. The van der Waals surface area contributed by atoms with Gasteiger partial charge in [-0.3, -0.25) is 19.8 Å². The van der Waals surface area contributed by atoms with Crippen LogP contribution in [0.4, 0.5) is 15.8 Å². The van der Waals surface area contributed by atoms with E-state index in [1.807, 2.05) is 35.0 Å². The van der Waals surface area contributed by atoms with Gasteiger partial charge in [-0.2, -0.15) is 0 Å². The Hall–Kier alpha value is -3.53. The number of halogens is 2. The average molecular weight is 524 g/mol. The van der Waals surface area contributed by atoms with Gasteiger partial charge in [-0.1, -0.05) is 59.8 Å². The van der Waals surface area contributed by atoms with Gasteiger partial charge < -0.3 is 4.57 Å². The SMILES string of the molecule is O=C1/C(=C/c2cn(Cc3c(F)cccc3Cl)c3ccccc23)SC(=S)N1c1ccc([N+](=O)[O-])cc1. The van der Waals surface area contributed by atoms with E-state index >= 15 is 0 Å². The quantitative estimate of drug-likeness (QED) is 0.125. The third-order valence-corrected chi connectivity index (χ3v) is 7.26. The number of carbonyl (C=O) groups is 1. The van der Waals surface area contributed by atoms with Gasteiger partial charge in [0.15, 0.2) is 4.32 Å². The number of carbonyl (C=O) groups excluding carboxylic acids is 1. The molecule has 0 N–H and O–H groups in total. The molecule has 1 amide bonds. The normalized spacial score (nSPS) is 14.9. The number of nitro benzene ring substituents is 1. The molecule has 10 heteroatoms. The standard InChI is InChI=1S/C25H15ClFN3O3S2/c26-20-5-3-6-21(27)19(20)14-28-13-15(18-4-1-2-7-22(18)28)12-23-24(31)29(25(34)35-23)16-8-10-17(11-9-16)30(32)33/h1-13H,14H2/b23-12-. The molecule has 0 unspecified atom stereocenters. The predicted molar refractivity (Wildman–Crippen MR) is 141 cm³/mol. The number of anilines is 1. The second kappa shape index (κ2) is 9.26. The summed E-state index contributed by atoms with van der Waals surface area (Å²) in [5.41, 5.74) is 2.41. The van der Waals surface area contributed by atoms with E-state index in [0.717, 1.165) is 28.2 Å². The number of nitrogens with zero attached hydrogens (tertiary/aromatic N) is 3. The minimum Gasteiger partial charge on any atom is -0.342 e. The topological polar surface area (TPSA) is 68.4 Å². The molecule has 0 spiro atoms. The molecule has 3 aromatic carbocycles. The molecule has 6 nitrogen and oxygen atoms in total. The van der Waals surface area contributed by atoms with Crippen molar-refractivity contribution in [3.63, 3.8) is 0 Å². The van der Waals surface area contributed by atoms with Gasteiger partial charge in [-0.15, -0.1) is 0 Å². The average Bonchev–Trinajstić information content (AvgIpc) is 3.32. The summed E-state index contributed by atoms with van der Waals surface area (Å²) in [5, 5.41) is 12.2. The minimum atomic E-state index is -0.502. The van der Waals surface area contributed by atoms with Crippen LogP contribution in [0.2, 0.25) is 5.02 Å². The molecule has 1 fully saturated rings. The van der Waals surface area contributed by atoms with Crippen molar-refractivity contribution in [3.05, 3.63) is 110 Å². The zero-order chi connectivity index (χ0) is 24.7. The molecule has 1 aliphatic rings. The maximum absolute atomic E-state index is 14.4. The highest BCUT2D eigenvalue weighted by Crippen LogP contribution is 2.38. The summed E-state index contributed by atoms with van der Waals surface area (Å²) < 4.78 is 16.6. The lowest BCUT2D eigenvalue weighted by Crippen LogP contribution is -2.27. The van der Waals surface area contributed by atoms with Crippen molar-refractivity contribution in [2.45, 2.75) is 6.54 Å². The van der Waals surface area contributed by atoms with Gasteiger partial charge in [0.05, 0.1) is 22.1 Å². The lowest BCUT2D eigenvalue weighted by atomic mass is 10.1. The van der Waals surface area contributed by atoms with E-state index in [4.69, 9.17) is 23.8 Å². The zero-order valence-corrected chi connectivity index (χ0v) is 20.2.